The fourth-order valence-electron chi connectivity index (χ4n) is 2.82. The van der Waals surface area contributed by atoms with Crippen LogP contribution >= 0.6 is 11.3 Å². The van der Waals surface area contributed by atoms with E-state index in [0.717, 1.165) is 33.4 Å². The fourth-order valence-corrected chi connectivity index (χ4v) is 3.80. The summed E-state index contributed by atoms with van der Waals surface area (Å²) in [5.74, 6) is 0.746. The summed E-state index contributed by atoms with van der Waals surface area (Å²) in [4.78, 5) is 0. The molecule has 1 N–H and O–H groups in total. The Labute approximate surface area is 128 Å². The Bertz CT molecular complexity index is 789. The Morgan fingerprint density at radius 2 is 1.90 bits per heavy atom. The van der Waals surface area contributed by atoms with Crippen LogP contribution in [-0.4, -0.2) is 12.2 Å². The van der Waals surface area contributed by atoms with E-state index >= 15 is 0 Å². The van der Waals surface area contributed by atoms with Crippen molar-refractivity contribution in [1.29, 1.82) is 0 Å². The summed E-state index contributed by atoms with van der Waals surface area (Å²) in [5.41, 5.74) is 3.98. The number of methoxy groups -OCH3 is 1. The van der Waals surface area contributed by atoms with E-state index < -0.39 is 6.10 Å². The highest BCUT2D eigenvalue weighted by atomic mass is 32.1. The molecular formula is C18H18O2S. The smallest absolute Gasteiger partial charge is 0.125 e. The summed E-state index contributed by atoms with van der Waals surface area (Å²) in [5, 5.41) is 14.0. The topological polar surface area (TPSA) is 29.5 Å². The Morgan fingerprint density at radius 1 is 1.14 bits per heavy atom. The summed E-state index contributed by atoms with van der Waals surface area (Å²) < 4.78 is 6.67. The first-order valence-electron chi connectivity index (χ1n) is 6.91. The minimum atomic E-state index is -0.670. The van der Waals surface area contributed by atoms with Gasteiger partial charge >= 0.3 is 0 Å². The van der Waals surface area contributed by atoms with E-state index in [-0.39, 0.29) is 0 Å². The van der Waals surface area contributed by atoms with Gasteiger partial charge in [0, 0.05) is 15.8 Å². The molecule has 0 fully saturated rings. The third kappa shape index (κ3) is 2.43. The Kier molecular flexibility index (Phi) is 3.70. The maximum atomic E-state index is 10.9. The average Bonchev–Trinajstić information content (AvgIpc) is 2.89. The lowest BCUT2D eigenvalue weighted by Crippen LogP contribution is -2.05. The van der Waals surface area contributed by atoms with Crippen molar-refractivity contribution >= 4 is 21.4 Å². The minimum Gasteiger partial charge on any atom is -0.496 e. The van der Waals surface area contributed by atoms with Crippen LogP contribution in [0.2, 0.25) is 0 Å². The minimum absolute atomic E-state index is 0.670. The molecule has 0 radical (unpaired) electrons. The largest absolute Gasteiger partial charge is 0.496 e. The molecule has 21 heavy (non-hydrogen) atoms. The highest BCUT2D eigenvalue weighted by Crippen LogP contribution is 2.38. The van der Waals surface area contributed by atoms with Crippen LogP contribution < -0.4 is 4.74 Å². The van der Waals surface area contributed by atoms with Gasteiger partial charge in [0.15, 0.2) is 0 Å². The van der Waals surface area contributed by atoms with Crippen molar-refractivity contribution in [2.75, 3.05) is 7.11 Å². The van der Waals surface area contributed by atoms with Gasteiger partial charge in [-0.3, -0.25) is 0 Å². The van der Waals surface area contributed by atoms with Crippen molar-refractivity contribution in [3.8, 4) is 5.75 Å². The Balaban J connectivity index is 2.16. The molecule has 108 valence electrons. The molecule has 1 unspecified atom stereocenters. The van der Waals surface area contributed by atoms with E-state index in [1.165, 1.54) is 4.70 Å². The molecular weight excluding hydrogens is 280 g/mol. The third-order valence-electron chi connectivity index (χ3n) is 3.79. The van der Waals surface area contributed by atoms with Crippen molar-refractivity contribution in [2.45, 2.75) is 20.0 Å². The van der Waals surface area contributed by atoms with Gasteiger partial charge in [0.25, 0.3) is 0 Å². The molecule has 0 saturated carbocycles. The first kappa shape index (κ1) is 14.1. The van der Waals surface area contributed by atoms with Crippen LogP contribution in [0.5, 0.6) is 5.75 Å². The van der Waals surface area contributed by atoms with E-state index in [0.29, 0.717) is 0 Å². The Morgan fingerprint density at radius 3 is 2.67 bits per heavy atom. The van der Waals surface area contributed by atoms with Crippen LogP contribution in [0.3, 0.4) is 0 Å². The zero-order chi connectivity index (χ0) is 15.0. The molecule has 3 heteroatoms. The van der Waals surface area contributed by atoms with Gasteiger partial charge in [-0.05, 0) is 47.9 Å². The van der Waals surface area contributed by atoms with Gasteiger partial charge in [-0.25, -0.2) is 0 Å². The van der Waals surface area contributed by atoms with E-state index in [1.54, 1.807) is 18.4 Å². The lowest BCUT2D eigenvalue weighted by Gasteiger charge is -2.18. The number of hydrogen-bond donors (Lipinski definition) is 1. The number of aryl methyl sites for hydroxylation is 2. The molecule has 0 aliphatic rings. The van der Waals surface area contributed by atoms with E-state index in [9.17, 15) is 5.11 Å². The number of hydrogen-bond acceptors (Lipinski definition) is 3. The molecule has 1 heterocycles. The molecule has 3 aromatic rings. The standard InChI is InChI=1S/C18H18O2S/c1-11-8-12(2)17(15(9-11)20-3)18(19)14-10-21-16-7-5-4-6-13(14)16/h4-10,18-19H,1-3H3. The summed E-state index contributed by atoms with van der Waals surface area (Å²) in [6, 6.07) is 12.2. The van der Waals surface area contributed by atoms with Crippen LogP contribution in [0.15, 0.2) is 41.8 Å². The molecule has 2 nitrogen and oxygen atoms in total. The van der Waals surface area contributed by atoms with Gasteiger partial charge in [0.05, 0.1) is 7.11 Å². The van der Waals surface area contributed by atoms with Gasteiger partial charge in [0.2, 0.25) is 0 Å². The number of fused-ring (bicyclic) bond motifs is 1. The summed E-state index contributed by atoms with van der Waals surface area (Å²) in [7, 11) is 1.65. The van der Waals surface area contributed by atoms with Crippen molar-refractivity contribution in [2.24, 2.45) is 0 Å². The second-order valence-electron chi connectivity index (χ2n) is 5.29. The van der Waals surface area contributed by atoms with Crippen molar-refractivity contribution in [3.63, 3.8) is 0 Å². The zero-order valence-corrected chi connectivity index (χ0v) is 13.2. The lowest BCUT2D eigenvalue weighted by molar-refractivity contribution is 0.216. The van der Waals surface area contributed by atoms with Crippen molar-refractivity contribution < 1.29 is 9.84 Å². The highest BCUT2D eigenvalue weighted by Gasteiger charge is 2.21. The molecule has 0 saturated heterocycles. The summed E-state index contributed by atoms with van der Waals surface area (Å²) in [6.07, 6.45) is -0.670. The lowest BCUT2D eigenvalue weighted by atomic mass is 9.95. The predicted octanol–water partition coefficient (Wildman–Crippen LogP) is 4.61. The van der Waals surface area contributed by atoms with Crippen LogP contribution in [0.1, 0.15) is 28.4 Å². The zero-order valence-electron chi connectivity index (χ0n) is 12.4. The van der Waals surface area contributed by atoms with Crippen molar-refractivity contribution in [1.82, 2.24) is 0 Å². The normalized spacial score (nSPS) is 12.6. The van der Waals surface area contributed by atoms with E-state index in [4.69, 9.17) is 4.74 Å². The third-order valence-corrected chi connectivity index (χ3v) is 4.77. The van der Waals surface area contributed by atoms with E-state index in [1.807, 2.05) is 37.4 Å². The summed E-state index contributed by atoms with van der Waals surface area (Å²) in [6.45, 7) is 4.05. The number of aliphatic hydroxyl groups is 1. The predicted molar refractivity (Wildman–Crippen MR) is 88.4 cm³/mol. The van der Waals surface area contributed by atoms with Crippen LogP contribution in [0.25, 0.3) is 10.1 Å². The van der Waals surface area contributed by atoms with Crippen LogP contribution in [-0.2, 0) is 0 Å². The molecule has 2 aromatic carbocycles. The van der Waals surface area contributed by atoms with Gasteiger partial charge in [-0.15, -0.1) is 11.3 Å². The number of ether oxygens (including phenoxy) is 1. The molecule has 1 atom stereocenters. The Hall–Kier alpha value is -1.84. The summed E-state index contributed by atoms with van der Waals surface area (Å²) >= 11 is 1.66. The monoisotopic (exact) mass is 298 g/mol. The molecule has 0 aliphatic heterocycles. The maximum absolute atomic E-state index is 10.9. The average molecular weight is 298 g/mol. The maximum Gasteiger partial charge on any atom is 0.125 e. The molecule has 0 aliphatic carbocycles. The van der Waals surface area contributed by atoms with Crippen LogP contribution in [0, 0.1) is 13.8 Å². The number of benzene rings is 2. The number of rotatable bonds is 3. The first-order chi connectivity index (χ1) is 10.1. The van der Waals surface area contributed by atoms with E-state index in [2.05, 4.69) is 18.2 Å². The van der Waals surface area contributed by atoms with Gasteiger partial charge in [-0.1, -0.05) is 24.3 Å². The SMILES string of the molecule is COc1cc(C)cc(C)c1C(O)c1csc2ccccc12. The van der Waals surface area contributed by atoms with Crippen LogP contribution in [0.4, 0.5) is 0 Å². The first-order valence-corrected chi connectivity index (χ1v) is 7.79. The molecule has 0 amide bonds. The highest BCUT2D eigenvalue weighted by molar-refractivity contribution is 7.17. The molecule has 3 rings (SSSR count). The second kappa shape index (κ2) is 5.51. The molecule has 0 bridgehead atoms. The van der Waals surface area contributed by atoms with Gasteiger partial charge in [-0.2, -0.15) is 0 Å². The number of thiophene rings is 1. The second-order valence-corrected chi connectivity index (χ2v) is 6.20. The molecule has 0 spiro atoms. The number of aliphatic hydroxyl groups excluding tert-OH is 1. The van der Waals surface area contributed by atoms with Gasteiger partial charge < -0.3 is 9.84 Å². The van der Waals surface area contributed by atoms with Gasteiger partial charge in [0.1, 0.15) is 11.9 Å². The fraction of sp³-hybridized carbons (Fsp3) is 0.222. The quantitative estimate of drug-likeness (QED) is 0.765. The van der Waals surface area contributed by atoms with Crippen molar-refractivity contribution in [3.05, 3.63) is 64.0 Å². The molecule has 1 aromatic heterocycles.